The van der Waals surface area contributed by atoms with Crippen molar-refractivity contribution < 1.29 is 32.2 Å². The van der Waals surface area contributed by atoms with Crippen LogP contribution in [-0.2, 0) is 14.8 Å². The van der Waals surface area contributed by atoms with Gasteiger partial charge in [0.1, 0.15) is 17.3 Å². The second-order valence-electron chi connectivity index (χ2n) is 3.96. The van der Waals surface area contributed by atoms with Crippen molar-refractivity contribution in [3.8, 4) is 11.5 Å². The lowest BCUT2D eigenvalue weighted by atomic mass is 10.3. The molecule has 7 nitrogen and oxygen atoms in total. The minimum absolute atomic E-state index is 0.0313. The largest absolute Gasteiger partial charge is 0.493 e. The monoisotopic (exact) mass is 321 g/mol. The van der Waals surface area contributed by atoms with Gasteiger partial charge in [0.15, 0.2) is 11.5 Å². The number of ether oxygens (including phenoxy) is 2. The molecule has 1 N–H and O–H groups in total. The van der Waals surface area contributed by atoms with Crippen molar-refractivity contribution in [2.24, 2.45) is 0 Å². The van der Waals surface area contributed by atoms with E-state index in [0.717, 1.165) is 12.1 Å². The maximum absolute atomic E-state index is 14.0. The molecule has 0 amide bonds. The second kappa shape index (κ2) is 6.72. The molecule has 9 heteroatoms. The average Bonchev–Trinajstić information content (AvgIpc) is 2.43. The molecule has 0 saturated carbocycles. The van der Waals surface area contributed by atoms with E-state index in [1.54, 1.807) is 0 Å². The molecule has 0 heterocycles. The van der Waals surface area contributed by atoms with Crippen molar-refractivity contribution in [2.75, 3.05) is 27.3 Å². The highest BCUT2D eigenvalue weighted by Crippen LogP contribution is 2.33. The van der Waals surface area contributed by atoms with Crippen LogP contribution in [0.4, 0.5) is 4.39 Å². The van der Waals surface area contributed by atoms with Crippen molar-refractivity contribution >= 4 is 16.0 Å². The first-order valence-electron chi connectivity index (χ1n) is 5.91. The van der Waals surface area contributed by atoms with Crippen LogP contribution in [0.5, 0.6) is 11.5 Å². The van der Waals surface area contributed by atoms with E-state index in [1.165, 1.54) is 21.1 Å². The van der Waals surface area contributed by atoms with Crippen molar-refractivity contribution in [3.05, 3.63) is 17.9 Å². The molecule has 1 rings (SSSR count). The number of aliphatic carboxylic acids is 1. The summed E-state index contributed by atoms with van der Waals surface area (Å²) in [6, 6.07) is 1.84. The third kappa shape index (κ3) is 3.61. The van der Waals surface area contributed by atoms with E-state index in [9.17, 15) is 17.6 Å². The smallest absolute Gasteiger partial charge is 0.318 e. The second-order valence-corrected chi connectivity index (χ2v) is 5.87. The first-order valence-corrected chi connectivity index (χ1v) is 7.35. The van der Waals surface area contributed by atoms with Crippen LogP contribution in [0.1, 0.15) is 6.92 Å². The zero-order valence-electron chi connectivity index (χ0n) is 11.8. The van der Waals surface area contributed by atoms with E-state index < -0.39 is 33.3 Å². The SMILES string of the molecule is CCN(CC(=O)O)S(=O)(=O)c1cc(OC)c(OC)cc1F. The minimum Gasteiger partial charge on any atom is -0.493 e. The average molecular weight is 321 g/mol. The number of likely N-dealkylation sites (N-methyl/N-ethyl adjacent to an activating group) is 1. The van der Waals surface area contributed by atoms with Crippen molar-refractivity contribution in [2.45, 2.75) is 11.8 Å². The zero-order valence-corrected chi connectivity index (χ0v) is 12.6. The number of halogens is 1. The lowest BCUT2D eigenvalue weighted by Gasteiger charge is -2.19. The molecule has 0 atom stereocenters. The molecule has 118 valence electrons. The predicted molar refractivity (Wildman–Crippen MR) is 71.6 cm³/mol. The van der Waals surface area contributed by atoms with Gasteiger partial charge in [-0.2, -0.15) is 4.31 Å². The van der Waals surface area contributed by atoms with E-state index in [4.69, 9.17) is 14.6 Å². The minimum atomic E-state index is -4.29. The van der Waals surface area contributed by atoms with Gasteiger partial charge in [-0.1, -0.05) is 6.92 Å². The number of carboxylic acid groups (broad SMARTS) is 1. The Morgan fingerprint density at radius 3 is 2.24 bits per heavy atom. The molecule has 0 spiro atoms. The molecule has 0 unspecified atom stereocenters. The summed E-state index contributed by atoms with van der Waals surface area (Å²) in [5, 5.41) is 8.73. The highest BCUT2D eigenvalue weighted by atomic mass is 32.2. The Labute approximate surface area is 121 Å². The third-order valence-electron chi connectivity index (χ3n) is 2.72. The molecule has 0 radical (unpaired) electrons. The summed E-state index contributed by atoms with van der Waals surface area (Å²) < 4.78 is 49.1. The molecular weight excluding hydrogens is 305 g/mol. The zero-order chi connectivity index (χ0) is 16.2. The summed E-state index contributed by atoms with van der Waals surface area (Å²) >= 11 is 0. The summed E-state index contributed by atoms with van der Waals surface area (Å²) in [5.74, 6) is -2.31. The number of benzene rings is 1. The molecule has 0 aromatic heterocycles. The predicted octanol–water partition coefficient (Wildman–Crippen LogP) is 0.938. The summed E-state index contributed by atoms with van der Waals surface area (Å²) in [7, 11) is -1.73. The number of methoxy groups -OCH3 is 2. The van der Waals surface area contributed by atoms with Gasteiger partial charge in [-0.15, -0.1) is 0 Å². The van der Waals surface area contributed by atoms with E-state index in [1.807, 2.05) is 0 Å². The van der Waals surface area contributed by atoms with E-state index in [-0.39, 0.29) is 18.0 Å². The number of hydrogen-bond acceptors (Lipinski definition) is 5. The number of nitrogens with zero attached hydrogens (tertiary/aromatic N) is 1. The lowest BCUT2D eigenvalue weighted by Crippen LogP contribution is -2.35. The Morgan fingerprint density at radius 1 is 1.29 bits per heavy atom. The number of hydrogen-bond donors (Lipinski definition) is 1. The van der Waals surface area contributed by atoms with Crippen LogP contribution in [0, 0.1) is 5.82 Å². The molecule has 21 heavy (non-hydrogen) atoms. The number of sulfonamides is 1. The topological polar surface area (TPSA) is 93.1 Å². The number of carbonyl (C=O) groups is 1. The number of carboxylic acids is 1. The van der Waals surface area contributed by atoms with Crippen molar-refractivity contribution in [1.82, 2.24) is 4.31 Å². The van der Waals surface area contributed by atoms with Crippen LogP contribution in [0.3, 0.4) is 0 Å². The highest BCUT2D eigenvalue weighted by molar-refractivity contribution is 7.89. The van der Waals surface area contributed by atoms with Crippen LogP contribution < -0.4 is 9.47 Å². The first kappa shape index (κ1) is 17.2. The molecule has 0 aliphatic heterocycles. The fourth-order valence-electron chi connectivity index (χ4n) is 1.69. The van der Waals surface area contributed by atoms with E-state index in [2.05, 4.69) is 0 Å². The van der Waals surface area contributed by atoms with Gasteiger partial charge in [-0.3, -0.25) is 4.79 Å². The van der Waals surface area contributed by atoms with Crippen LogP contribution in [0.25, 0.3) is 0 Å². The highest BCUT2D eigenvalue weighted by Gasteiger charge is 2.29. The molecule has 1 aromatic carbocycles. The van der Waals surface area contributed by atoms with Crippen LogP contribution in [-0.4, -0.2) is 51.1 Å². The van der Waals surface area contributed by atoms with Gasteiger partial charge in [0.05, 0.1) is 14.2 Å². The molecule has 1 aromatic rings. The summed E-state index contributed by atoms with van der Waals surface area (Å²) in [6.45, 7) is 0.591. The Kier molecular flexibility index (Phi) is 5.50. The van der Waals surface area contributed by atoms with Gasteiger partial charge in [0.25, 0.3) is 0 Å². The molecule has 0 fully saturated rings. The summed E-state index contributed by atoms with van der Waals surface area (Å²) in [4.78, 5) is 10.0. The quantitative estimate of drug-likeness (QED) is 0.803. The fraction of sp³-hybridized carbons (Fsp3) is 0.417. The van der Waals surface area contributed by atoms with Crippen LogP contribution >= 0.6 is 0 Å². The Hall–Kier alpha value is -1.87. The molecule has 0 bridgehead atoms. The van der Waals surface area contributed by atoms with Gasteiger partial charge in [0, 0.05) is 18.7 Å². The molecule has 0 aliphatic rings. The van der Waals surface area contributed by atoms with Crippen molar-refractivity contribution in [3.63, 3.8) is 0 Å². The normalized spacial score (nSPS) is 11.5. The maximum Gasteiger partial charge on any atom is 0.318 e. The van der Waals surface area contributed by atoms with Gasteiger partial charge in [-0.05, 0) is 0 Å². The van der Waals surface area contributed by atoms with Gasteiger partial charge >= 0.3 is 5.97 Å². The fourth-order valence-corrected chi connectivity index (χ4v) is 3.15. The van der Waals surface area contributed by atoms with Crippen molar-refractivity contribution in [1.29, 1.82) is 0 Å². The standard InChI is InChI=1S/C12H16FNO6S/c1-4-14(7-12(15)16)21(17,18)11-6-10(20-3)9(19-2)5-8(11)13/h5-6H,4,7H2,1-3H3,(H,15,16). The summed E-state index contributed by atoms with van der Waals surface area (Å²) in [5.41, 5.74) is 0. The molecule has 0 saturated heterocycles. The third-order valence-corrected chi connectivity index (χ3v) is 4.66. The molecular formula is C12H16FNO6S. The van der Waals surface area contributed by atoms with E-state index >= 15 is 0 Å². The van der Waals surface area contributed by atoms with E-state index in [0.29, 0.717) is 4.31 Å². The van der Waals surface area contributed by atoms with Crippen LogP contribution in [0.2, 0.25) is 0 Å². The Bertz CT molecular complexity index is 631. The maximum atomic E-state index is 14.0. The lowest BCUT2D eigenvalue weighted by molar-refractivity contribution is -0.137. The van der Waals surface area contributed by atoms with Gasteiger partial charge in [-0.25, -0.2) is 12.8 Å². The Morgan fingerprint density at radius 2 is 1.81 bits per heavy atom. The molecule has 0 aliphatic carbocycles. The van der Waals surface area contributed by atoms with Crippen LogP contribution in [0.15, 0.2) is 17.0 Å². The number of rotatable bonds is 7. The first-order chi connectivity index (χ1) is 9.77. The summed E-state index contributed by atoms with van der Waals surface area (Å²) in [6.07, 6.45) is 0. The van der Waals surface area contributed by atoms with Gasteiger partial charge < -0.3 is 14.6 Å². The Balaban J connectivity index is 3.40. The van der Waals surface area contributed by atoms with Gasteiger partial charge in [0.2, 0.25) is 10.0 Å².